The van der Waals surface area contributed by atoms with Gasteiger partial charge in [-0.1, -0.05) is 46.3 Å². The fraction of sp³-hybridized carbons (Fsp3) is 0.458. The molecule has 0 saturated heterocycles. The third kappa shape index (κ3) is 3.97. The Bertz CT molecular complexity index is 861. The largest absolute Gasteiger partial charge is 0.334 e. The maximum atomic E-state index is 13.8. The molecule has 3 nitrogen and oxygen atoms in total. The highest BCUT2D eigenvalue weighted by Gasteiger charge is 2.51. The van der Waals surface area contributed by atoms with E-state index in [4.69, 9.17) is 0 Å². The summed E-state index contributed by atoms with van der Waals surface area (Å²) in [6.07, 6.45) is 6.68. The quantitative estimate of drug-likeness (QED) is 0.288. The summed E-state index contributed by atoms with van der Waals surface area (Å²) in [5.41, 5.74) is 2.14. The number of rotatable bonds is 4. The fourth-order valence-corrected chi connectivity index (χ4v) is 7.37. The number of hydrogen-bond donors (Lipinski definition) is 0. The molecular formula is C24H26BrIN2O. The fourth-order valence-electron chi connectivity index (χ4n) is 6.32. The summed E-state index contributed by atoms with van der Waals surface area (Å²) in [7, 11) is 0. The lowest BCUT2D eigenvalue weighted by atomic mass is 9.54. The molecule has 0 radical (unpaired) electrons. The molecule has 0 aromatic heterocycles. The molecule has 152 valence electrons. The Morgan fingerprint density at radius 1 is 0.931 bits per heavy atom. The van der Waals surface area contributed by atoms with E-state index in [1.54, 1.807) is 3.11 Å². The Morgan fingerprint density at radius 3 is 2.21 bits per heavy atom. The zero-order chi connectivity index (χ0) is 20.0. The van der Waals surface area contributed by atoms with Crippen molar-refractivity contribution in [3.05, 3.63) is 64.6 Å². The van der Waals surface area contributed by atoms with E-state index in [0.717, 1.165) is 22.0 Å². The molecule has 29 heavy (non-hydrogen) atoms. The number of carbonyl (C=O) groups is 1. The summed E-state index contributed by atoms with van der Waals surface area (Å²) >= 11 is 5.78. The van der Waals surface area contributed by atoms with Crippen molar-refractivity contribution in [2.75, 3.05) is 3.11 Å². The summed E-state index contributed by atoms with van der Waals surface area (Å²) in [5.74, 6) is 3.15. The molecule has 4 bridgehead atoms. The zero-order valence-corrected chi connectivity index (χ0v) is 20.1. The number of para-hydroxylation sites is 1. The van der Waals surface area contributed by atoms with Crippen molar-refractivity contribution in [2.45, 2.75) is 44.7 Å². The van der Waals surface area contributed by atoms with Gasteiger partial charge in [0.05, 0.1) is 28.6 Å². The molecule has 0 spiro atoms. The average Bonchev–Trinajstić information content (AvgIpc) is 2.72. The van der Waals surface area contributed by atoms with E-state index in [1.807, 2.05) is 36.4 Å². The number of urea groups is 1. The SMILES string of the molecule is O=C(N(I)c1ccccc1)N(Cc1cccc(Br)c1)C1C2CC3CC(C2)CC1C3. The van der Waals surface area contributed by atoms with Gasteiger partial charge in [0.1, 0.15) is 0 Å². The van der Waals surface area contributed by atoms with Crippen LogP contribution in [0.15, 0.2) is 59.1 Å². The van der Waals surface area contributed by atoms with E-state index < -0.39 is 0 Å². The van der Waals surface area contributed by atoms with Gasteiger partial charge in [-0.05, 0) is 85.6 Å². The van der Waals surface area contributed by atoms with Crippen LogP contribution in [0.5, 0.6) is 0 Å². The number of halogens is 2. The van der Waals surface area contributed by atoms with Crippen LogP contribution >= 0.6 is 38.8 Å². The number of hydrogen-bond acceptors (Lipinski definition) is 1. The average molecular weight is 565 g/mol. The highest BCUT2D eigenvalue weighted by molar-refractivity contribution is 14.1. The van der Waals surface area contributed by atoms with E-state index in [-0.39, 0.29) is 6.03 Å². The molecule has 6 rings (SSSR count). The number of nitrogens with zero attached hydrogens (tertiary/aromatic N) is 2. The van der Waals surface area contributed by atoms with Crippen molar-refractivity contribution in [3.63, 3.8) is 0 Å². The topological polar surface area (TPSA) is 23.6 Å². The number of benzene rings is 2. The Balaban J connectivity index is 1.47. The van der Waals surface area contributed by atoms with Gasteiger partial charge in [-0.3, -0.25) is 0 Å². The molecule has 0 N–H and O–H groups in total. The Hall–Kier alpha value is -1.08. The molecule has 2 amide bonds. The van der Waals surface area contributed by atoms with Gasteiger partial charge in [-0.25, -0.2) is 7.91 Å². The zero-order valence-electron chi connectivity index (χ0n) is 16.4. The summed E-state index contributed by atoms with van der Waals surface area (Å²) in [5, 5.41) is 0. The van der Waals surface area contributed by atoms with E-state index in [9.17, 15) is 4.79 Å². The molecule has 5 heteroatoms. The van der Waals surface area contributed by atoms with Gasteiger partial charge >= 0.3 is 6.03 Å². The molecule has 2 aromatic carbocycles. The Labute approximate surface area is 195 Å². The van der Waals surface area contributed by atoms with Gasteiger partial charge in [0, 0.05) is 17.1 Å². The third-order valence-electron chi connectivity index (χ3n) is 7.18. The van der Waals surface area contributed by atoms with Crippen molar-refractivity contribution in [1.82, 2.24) is 4.90 Å². The van der Waals surface area contributed by atoms with Crippen LogP contribution in [0, 0.1) is 23.7 Å². The minimum Gasteiger partial charge on any atom is -0.316 e. The van der Waals surface area contributed by atoms with Crippen LogP contribution in [0.3, 0.4) is 0 Å². The van der Waals surface area contributed by atoms with Crippen LogP contribution in [0.25, 0.3) is 0 Å². The molecule has 4 aliphatic carbocycles. The molecule has 0 aliphatic heterocycles. The molecule has 4 aliphatic rings. The van der Waals surface area contributed by atoms with E-state index >= 15 is 0 Å². The first kappa shape index (κ1) is 19.9. The lowest BCUT2D eigenvalue weighted by Crippen LogP contribution is -2.58. The van der Waals surface area contributed by atoms with Crippen LogP contribution < -0.4 is 3.11 Å². The predicted molar refractivity (Wildman–Crippen MR) is 129 cm³/mol. The van der Waals surface area contributed by atoms with Crippen LogP contribution in [-0.4, -0.2) is 17.0 Å². The highest BCUT2D eigenvalue weighted by Crippen LogP contribution is 2.55. The minimum atomic E-state index is 0.120. The van der Waals surface area contributed by atoms with Gasteiger partial charge in [0.2, 0.25) is 0 Å². The van der Waals surface area contributed by atoms with Crippen LogP contribution in [0.4, 0.5) is 10.5 Å². The maximum absolute atomic E-state index is 13.8. The minimum absolute atomic E-state index is 0.120. The Morgan fingerprint density at radius 2 is 1.59 bits per heavy atom. The van der Waals surface area contributed by atoms with Gasteiger partial charge in [-0.15, -0.1) is 0 Å². The summed E-state index contributed by atoms with van der Waals surface area (Å²) in [6, 6.07) is 18.9. The van der Waals surface area contributed by atoms with Crippen molar-refractivity contribution in [1.29, 1.82) is 0 Å². The third-order valence-corrected chi connectivity index (χ3v) is 8.64. The monoisotopic (exact) mass is 564 g/mol. The van der Waals surface area contributed by atoms with E-state index in [1.165, 1.54) is 37.7 Å². The first-order chi connectivity index (χ1) is 14.1. The highest BCUT2D eigenvalue weighted by atomic mass is 127. The first-order valence-corrected chi connectivity index (χ1v) is 12.4. The van der Waals surface area contributed by atoms with Crippen molar-refractivity contribution in [3.8, 4) is 0 Å². The number of amides is 2. The van der Waals surface area contributed by atoms with Crippen LogP contribution in [0.2, 0.25) is 0 Å². The lowest BCUT2D eigenvalue weighted by Gasteiger charge is -2.57. The van der Waals surface area contributed by atoms with E-state index in [0.29, 0.717) is 24.4 Å². The number of anilines is 1. The first-order valence-electron chi connectivity index (χ1n) is 10.6. The van der Waals surface area contributed by atoms with Crippen LogP contribution in [0.1, 0.15) is 37.7 Å². The molecule has 0 unspecified atom stereocenters. The molecule has 4 saturated carbocycles. The van der Waals surface area contributed by atoms with Gasteiger partial charge in [-0.2, -0.15) is 0 Å². The maximum Gasteiger partial charge on any atom is 0.334 e. The Kier molecular flexibility index (Phi) is 5.63. The van der Waals surface area contributed by atoms with Gasteiger partial charge in [0.25, 0.3) is 0 Å². The molecular weight excluding hydrogens is 539 g/mol. The number of carbonyl (C=O) groups excluding carboxylic acids is 1. The second kappa shape index (κ2) is 8.22. The van der Waals surface area contributed by atoms with Gasteiger partial charge < -0.3 is 4.90 Å². The van der Waals surface area contributed by atoms with E-state index in [2.05, 4.69) is 61.9 Å². The molecule has 0 heterocycles. The van der Waals surface area contributed by atoms with Crippen molar-refractivity contribution in [2.24, 2.45) is 23.7 Å². The molecule has 2 aromatic rings. The smallest absolute Gasteiger partial charge is 0.316 e. The summed E-state index contributed by atoms with van der Waals surface area (Å²) in [6.45, 7) is 0.678. The standard InChI is InChI=1S/C24H26BrIN2O/c25-21-6-4-5-16(14-21)15-27(24(29)28(26)22-7-2-1-3-8-22)23-19-10-17-9-18(12-19)13-20(23)11-17/h1-8,14,17-20,23H,9-13,15H2. The second-order valence-corrected chi connectivity index (χ2v) is 11.0. The van der Waals surface area contributed by atoms with Crippen LogP contribution in [-0.2, 0) is 6.54 Å². The predicted octanol–water partition coefficient (Wildman–Crippen LogP) is 7.05. The second-order valence-electron chi connectivity index (χ2n) is 9.08. The summed E-state index contributed by atoms with van der Waals surface area (Å²) in [4.78, 5) is 16.0. The molecule has 0 atom stereocenters. The lowest BCUT2D eigenvalue weighted by molar-refractivity contribution is -0.0520. The normalized spacial score (nSPS) is 29.7. The molecule has 4 fully saturated rings. The van der Waals surface area contributed by atoms with Gasteiger partial charge in [0.15, 0.2) is 0 Å². The summed E-state index contributed by atoms with van der Waals surface area (Å²) < 4.78 is 2.88. The van der Waals surface area contributed by atoms with Crippen molar-refractivity contribution >= 4 is 50.5 Å². The van der Waals surface area contributed by atoms with Crippen molar-refractivity contribution < 1.29 is 4.79 Å².